The topological polar surface area (TPSA) is 80.3 Å². The van der Waals surface area contributed by atoms with Crippen LogP contribution in [0.15, 0.2) is 34.7 Å². The molecule has 1 aromatic heterocycles. The van der Waals surface area contributed by atoms with Crippen molar-refractivity contribution in [3.63, 3.8) is 0 Å². The van der Waals surface area contributed by atoms with Crippen molar-refractivity contribution in [3.8, 4) is 0 Å². The van der Waals surface area contributed by atoms with Crippen molar-refractivity contribution in [2.45, 2.75) is 32.6 Å². The summed E-state index contributed by atoms with van der Waals surface area (Å²) in [6, 6.07) is 2.37. The number of hydrogen-bond acceptors (Lipinski definition) is 3. The van der Waals surface area contributed by atoms with E-state index in [0.717, 1.165) is 17.2 Å². The van der Waals surface area contributed by atoms with E-state index in [2.05, 4.69) is 5.32 Å². The van der Waals surface area contributed by atoms with Gasteiger partial charge in [0, 0.05) is 29.2 Å². The molecule has 30 heavy (non-hydrogen) atoms. The Balaban J connectivity index is 1.91. The Bertz CT molecular complexity index is 1110. The molecule has 3 aromatic rings. The Morgan fingerprint density at radius 3 is 2.47 bits per heavy atom. The smallest absolute Gasteiger partial charge is 0.416 e. The molecule has 0 fully saturated rings. The summed E-state index contributed by atoms with van der Waals surface area (Å²) in [6.45, 7) is 3.25. The van der Waals surface area contributed by atoms with Crippen LogP contribution in [0.2, 0.25) is 0 Å². The van der Waals surface area contributed by atoms with Gasteiger partial charge < -0.3 is 20.8 Å². The van der Waals surface area contributed by atoms with E-state index >= 15 is 0 Å². The van der Waals surface area contributed by atoms with Crippen LogP contribution in [0.25, 0.3) is 11.0 Å². The van der Waals surface area contributed by atoms with Crippen LogP contribution in [0.4, 0.5) is 32.4 Å². The summed E-state index contributed by atoms with van der Waals surface area (Å²) in [6.07, 6.45) is -4.95. The Morgan fingerprint density at radius 2 is 1.87 bits per heavy atom. The van der Waals surface area contributed by atoms with E-state index in [1.807, 2.05) is 0 Å². The number of nitrogens with one attached hydrogen (secondary N) is 2. The lowest BCUT2D eigenvalue weighted by molar-refractivity contribution is -0.158. The lowest BCUT2D eigenvalue weighted by atomic mass is 10.1. The third kappa shape index (κ3) is 4.23. The summed E-state index contributed by atoms with van der Waals surface area (Å²) >= 11 is 0. The summed E-state index contributed by atoms with van der Waals surface area (Å²) in [4.78, 5) is 12.2. The fourth-order valence-corrected chi connectivity index (χ4v) is 3.13. The Labute approximate surface area is 168 Å². The maximum absolute atomic E-state index is 13.9. The van der Waals surface area contributed by atoms with Crippen LogP contribution in [0.1, 0.15) is 28.5 Å². The number of halogens is 5. The number of hydrogen-bond donors (Lipinski definition) is 3. The lowest BCUT2D eigenvalue weighted by Crippen LogP contribution is -2.40. The zero-order valence-corrected chi connectivity index (χ0v) is 16.0. The molecule has 0 aliphatic heterocycles. The second-order valence-corrected chi connectivity index (χ2v) is 6.77. The number of furan rings is 1. The number of nitrogens with two attached hydrogens (primary N) is 1. The van der Waals surface area contributed by atoms with Gasteiger partial charge in [-0.15, -0.1) is 0 Å². The molecule has 4 N–H and O–H groups in total. The fourth-order valence-electron chi connectivity index (χ4n) is 3.13. The number of carbonyl (C=O) groups is 1. The highest BCUT2D eigenvalue weighted by atomic mass is 19.4. The number of benzene rings is 2. The van der Waals surface area contributed by atoms with Crippen LogP contribution in [0.5, 0.6) is 0 Å². The number of alkyl halides is 3. The van der Waals surface area contributed by atoms with Gasteiger partial charge in [-0.25, -0.2) is 13.6 Å². The second-order valence-electron chi connectivity index (χ2n) is 6.77. The molecule has 3 rings (SSSR count). The monoisotopic (exact) mass is 427 g/mol. The zero-order valence-electron chi connectivity index (χ0n) is 16.0. The number of rotatable bonds is 4. The minimum absolute atomic E-state index is 0.130. The highest BCUT2D eigenvalue weighted by Gasteiger charge is 2.45. The number of urea groups is 1. The van der Waals surface area contributed by atoms with E-state index in [1.165, 1.54) is 13.0 Å². The maximum atomic E-state index is 13.9. The molecule has 5 nitrogen and oxygen atoms in total. The highest BCUT2D eigenvalue weighted by Crippen LogP contribution is 2.39. The molecule has 0 aliphatic carbocycles. The van der Waals surface area contributed by atoms with Crippen molar-refractivity contribution >= 4 is 22.7 Å². The fraction of sp³-hybridized carbons (Fsp3) is 0.250. The predicted octanol–water partition coefficient (Wildman–Crippen LogP) is 5.21. The normalized spacial score (nSPS) is 12.8. The first kappa shape index (κ1) is 21.6. The number of carbonyl (C=O) groups excluding carboxylic acids is 1. The molecule has 2 aromatic carbocycles. The van der Waals surface area contributed by atoms with Crippen LogP contribution < -0.4 is 16.4 Å². The van der Waals surface area contributed by atoms with Crippen LogP contribution in [-0.4, -0.2) is 12.2 Å². The molecule has 10 heteroatoms. The lowest BCUT2D eigenvalue weighted by Gasteiger charge is -2.21. The van der Waals surface area contributed by atoms with E-state index < -0.39 is 41.2 Å². The number of amides is 2. The van der Waals surface area contributed by atoms with Crippen LogP contribution in [-0.2, 0) is 6.54 Å². The van der Waals surface area contributed by atoms with Crippen molar-refractivity contribution in [2.75, 3.05) is 5.32 Å². The van der Waals surface area contributed by atoms with Gasteiger partial charge >= 0.3 is 12.2 Å². The van der Waals surface area contributed by atoms with Gasteiger partial charge in [0.1, 0.15) is 11.6 Å². The van der Waals surface area contributed by atoms with Gasteiger partial charge in [-0.3, -0.25) is 0 Å². The minimum Gasteiger partial charge on any atom is -0.455 e. The molecule has 0 aliphatic rings. The SMILES string of the molecule is Cc1cc(NC(=O)N[C@@H](c2oc3c(F)cc(F)cc3c2C)C(F)(F)F)ccc1CN. The van der Waals surface area contributed by atoms with E-state index in [-0.39, 0.29) is 23.2 Å². The van der Waals surface area contributed by atoms with Gasteiger partial charge in [0.05, 0.1) is 0 Å². The van der Waals surface area contributed by atoms with Crippen molar-refractivity contribution in [1.82, 2.24) is 5.32 Å². The average molecular weight is 427 g/mol. The highest BCUT2D eigenvalue weighted by molar-refractivity contribution is 5.90. The van der Waals surface area contributed by atoms with Gasteiger partial charge in [-0.05, 0) is 43.2 Å². The Kier molecular flexibility index (Phi) is 5.71. The summed E-state index contributed by atoms with van der Waals surface area (Å²) < 4.78 is 73.5. The van der Waals surface area contributed by atoms with Gasteiger partial charge in [0.25, 0.3) is 0 Å². The molecule has 1 heterocycles. The minimum atomic E-state index is -4.95. The first-order chi connectivity index (χ1) is 14.0. The molecule has 0 saturated carbocycles. The standard InChI is InChI=1S/C20H18F5N3O2/c1-9-5-13(4-3-11(9)8-26)27-19(29)28-18(20(23,24)25)16-10(2)14-6-12(21)7-15(22)17(14)30-16/h3-7,18H,8,26H2,1-2H3,(H2,27,28,29)/t18-/m0/s1. The molecule has 0 radical (unpaired) electrons. The molecular formula is C20H18F5N3O2. The van der Waals surface area contributed by atoms with Crippen LogP contribution in [0, 0.1) is 25.5 Å². The molecule has 0 unspecified atom stereocenters. The molecule has 0 bridgehead atoms. The Hall–Kier alpha value is -3.14. The maximum Gasteiger partial charge on any atom is 0.416 e. The summed E-state index contributed by atoms with van der Waals surface area (Å²) in [7, 11) is 0. The van der Waals surface area contributed by atoms with Crippen molar-refractivity contribution in [2.24, 2.45) is 5.73 Å². The summed E-state index contributed by atoms with van der Waals surface area (Å²) in [5.74, 6) is -2.83. The van der Waals surface area contributed by atoms with Gasteiger partial charge in [-0.1, -0.05) is 6.07 Å². The van der Waals surface area contributed by atoms with Crippen LogP contribution in [0.3, 0.4) is 0 Å². The first-order valence-corrected chi connectivity index (χ1v) is 8.83. The summed E-state index contributed by atoms with van der Waals surface area (Å²) in [5.41, 5.74) is 6.75. The molecule has 0 spiro atoms. The van der Waals surface area contributed by atoms with E-state index in [0.29, 0.717) is 6.07 Å². The van der Waals surface area contributed by atoms with Gasteiger partial charge in [0.2, 0.25) is 0 Å². The first-order valence-electron chi connectivity index (χ1n) is 8.83. The molecular weight excluding hydrogens is 409 g/mol. The molecule has 2 amide bonds. The second kappa shape index (κ2) is 7.94. The summed E-state index contributed by atoms with van der Waals surface area (Å²) in [5, 5.41) is 3.96. The van der Waals surface area contributed by atoms with Crippen molar-refractivity contribution in [3.05, 3.63) is 64.4 Å². The zero-order chi connectivity index (χ0) is 22.2. The number of fused-ring (bicyclic) bond motifs is 1. The molecule has 1 atom stereocenters. The Morgan fingerprint density at radius 1 is 1.17 bits per heavy atom. The number of aryl methyl sites for hydroxylation is 2. The molecule has 0 saturated heterocycles. The van der Waals surface area contributed by atoms with E-state index in [9.17, 15) is 26.7 Å². The van der Waals surface area contributed by atoms with E-state index in [1.54, 1.807) is 24.4 Å². The number of anilines is 1. The third-order valence-corrected chi connectivity index (χ3v) is 4.68. The molecule has 160 valence electrons. The van der Waals surface area contributed by atoms with Gasteiger partial charge in [-0.2, -0.15) is 13.2 Å². The van der Waals surface area contributed by atoms with Crippen LogP contribution >= 0.6 is 0 Å². The van der Waals surface area contributed by atoms with E-state index in [4.69, 9.17) is 10.2 Å². The predicted molar refractivity (Wildman–Crippen MR) is 101 cm³/mol. The quantitative estimate of drug-likeness (QED) is 0.500. The average Bonchev–Trinajstić information content (AvgIpc) is 2.96. The van der Waals surface area contributed by atoms with Crippen molar-refractivity contribution < 1.29 is 31.2 Å². The van der Waals surface area contributed by atoms with Crippen molar-refractivity contribution in [1.29, 1.82) is 0 Å². The van der Waals surface area contributed by atoms with Gasteiger partial charge in [0.15, 0.2) is 17.4 Å². The third-order valence-electron chi connectivity index (χ3n) is 4.68. The largest absolute Gasteiger partial charge is 0.455 e.